The molecular formula is C21H27N5O3. The summed E-state index contributed by atoms with van der Waals surface area (Å²) in [5.41, 5.74) is 1.07. The lowest BCUT2D eigenvalue weighted by Gasteiger charge is -2.45. The molecular weight excluding hydrogens is 370 g/mol. The minimum Gasteiger partial charge on any atom is -0.338 e. The van der Waals surface area contributed by atoms with E-state index >= 15 is 0 Å². The molecule has 2 aromatic rings. The first-order valence-corrected chi connectivity index (χ1v) is 10.3. The van der Waals surface area contributed by atoms with E-state index in [1.165, 1.54) is 42.7 Å². The minimum absolute atomic E-state index is 0.00230. The van der Waals surface area contributed by atoms with Gasteiger partial charge in [0.2, 0.25) is 0 Å². The highest BCUT2D eigenvalue weighted by molar-refractivity contribution is 5.94. The molecule has 0 radical (unpaired) electrons. The number of aromatic nitrogens is 2. The van der Waals surface area contributed by atoms with Gasteiger partial charge in [0.25, 0.3) is 11.6 Å². The first-order chi connectivity index (χ1) is 13.9. The van der Waals surface area contributed by atoms with Gasteiger partial charge in [-0.15, -0.1) is 0 Å². The van der Waals surface area contributed by atoms with Crippen LogP contribution in [0.1, 0.15) is 37.0 Å². The lowest BCUT2D eigenvalue weighted by Crippen LogP contribution is -2.55. The van der Waals surface area contributed by atoms with E-state index in [1.54, 1.807) is 24.5 Å². The Morgan fingerprint density at radius 3 is 2.52 bits per heavy atom. The van der Waals surface area contributed by atoms with Crippen molar-refractivity contribution in [2.24, 2.45) is 11.8 Å². The van der Waals surface area contributed by atoms with Crippen molar-refractivity contribution >= 4 is 11.6 Å². The molecule has 8 nitrogen and oxygen atoms in total. The molecule has 29 heavy (non-hydrogen) atoms. The normalized spacial score (nSPS) is 25.3. The van der Waals surface area contributed by atoms with Crippen LogP contribution in [0.25, 0.3) is 5.69 Å². The second kappa shape index (κ2) is 7.94. The highest BCUT2D eigenvalue weighted by Gasteiger charge is 2.38. The van der Waals surface area contributed by atoms with Crippen LogP contribution < -0.4 is 0 Å². The number of hydrogen-bond donors (Lipinski definition) is 0. The molecule has 4 rings (SSSR count). The Bertz CT molecular complexity index is 893. The molecule has 2 saturated heterocycles. The third-order valence-corrected chi connectivity index (χ3v) is 6.17. The Balaban J connectivity index is 1.48. The van der Waals surface area contributed by atoms with Gasteiger partial charge in [0, 0.05) is 37.5 Å². The summed E-state index contributed by atoms with van der Waals surface area (Å²) in [4.78, 5) is 28.2. The van der Waals surface area contributed by atoms with Gasteiger partial charge in [-0.2, -0.15) is 5.10 Å². The van der Waals surface area contributed by atoms with Crippen LogP contribution in [-0.4, -0.2) is 62.6 Å². The molecule has 2 aliphatic rings. The Labute approximate surface area is 170 Å². The van der Waals surface area contributed by atoms with E-state index in [9.17, 15) is 14.9 Å². The van der Waals surface area contributed by atoms with Crippen LogP contribution in [0.15, 0.2) is 36.7 Å². The number of benzene rings is 1. The first kappa shape index (κ1) is 19.6. The van der Waals surface area contributed by atoms with Crippen LogP contribution in [0.4, 0.5) is 5.69 Å². The fourth-order valence-corrected chi connectivity index (χ4v) is 4.98. The molecule has 0 aliphatic carbocycles. The maximum absolute atomic E-state index is 13.1. The highest BCUT2D eigenvalue weighted by atomic mass is 16.6. The van der Waals surface area contributed by atoms with E-state index in [1.807, 2.05) is 4.90 Å². The van der Waals surface area contributed by atoms with Gasteiger partial charge in [-0.25, -0.2) is 4.68 Å². The number of carbonyl (C=O) groups excluding carboxylic acids is 1. The van der Waals surface area contributed by atoms with Gasteiger partial charge in [-0.3, -0.25) is 19.8 Å². The lowest BCUT2D eigenvalue weighted by atomic mass is 9.84. The fraction of sp³-hybridized carbons (Fsp3) is 0.524. The van der Waals surface area contributed by atoms with Gasteiger partial charge in [0.15, 0.2) is 0 Å². The van der Waals surface area contributed by atoms with Gasteiger partial charge in [0.1, 0.15) is 0 Å². The molecule has 0 N–H and O–H groups in total. The molecule has 0 saturated carbocycles. The molecule has 2 unspecified atom stereocenters. The largest absolute Gasteiger partial charge is 0.338 e. The standard InChI is InChI=1S/C21H27N5O3/c1-15-12-24(13-16(2)20(15)23-8-3-4-9-23)21(27)17-11-22-25(14-17)18-6-5-7-19(10-18)26(28)29/h5-7,10-11,14-16,20H,3-4,8-9,12-13H2,1-2H3. The van der Waals surface area contributed by atoms with Gasteiger partial charge in [0.05, 0.1) is 22.4 Å². The van der Waals surface area contributed by atoms with Crippen molar-refractivity contribution in [3.8, 4) is 5.69 Å². The summed E-state index contributed by atoms with van der Waals surface area (Å²) in [6.45, 7) is 8.31. The zero-order chi connectivity index (χ0) is 20.5. The van der Waals surface area contributed by atoms with Crippen LogP contribution in [0.5, 0.6) is 0 Å². The summed E-state index contributed by atoms with van der Waals surface area (Å²) in [6, 6.07) is 6.77. The topological polar surface area (TPSA) is 84.5 Å². The van der Waals surface area contributed by atoms with Crippen molar-refractivity contribution in [2.75, 3.05) is 26.2 Å². The minimum atomic E-state index is -0.438. The smallest absolute Gasteiger partial charge is 0.271 e. The summed E-state index contributed by atoms with van der Waals surface area (Å²) in [6.07, 6.45) is 5.75. The molecule has 1 aromatic carbocycles. The Hall–Kier alpha value is -2.74. The zero-order valence-electron chi connectivity index (χ0n) is 16.9. The number of piperidine rings is 1. The number of non-ortho nitro benzene ring substituents is 1. The molecule has 2 atom stereocenters. The number of carbonyl (C=O) groups is 1. The summed E-state index contributed by atoms with van der Waals surface area (Å²) < 4.78 is 1.52. The number of nitro benzene ring substituents is 1. The maximum atomic E-state index is 13.1. The summed E-state index contributed by atoms with van der Waals surface area (Å²) in [5, 5.41) is 15.3. The van der Waals surface area contributed by atoms with Crippen molar-refractivity contribution in [1.29, 1.82) is 0 Å². The van der Waals surface area contributed by atoms with Crippen LogP contribution in [0, 0.1) is 22.0 Å². The second-order valence-corrected chi connectivity index (χ2v) is 8.35. The molecule has 8 heteroatoms. The third-order valence-electron chi connectivity index (χ3n) is 6.17. The molecule has 3 heterocycles. The van der Waals surface area contributed by atoms with Crippen molar-refractivity contribution in [3.05, 3.63) is 52.3 Å². The van der Waals surface area contributed by atoms with Gasteiger partial charge < -0.3 is 4.90 Å². The average Bonchev–Trinajstić information content (AvgIpc) is 3.39. The maximum Gasteiger partial charge on any atom is 0.271 e. The van der Waals surface area contributed by atoms with Crippen molar-refractivity contribution in [3.63, 3.8) is 0 Å². The Kier molecular flexibility index (Phi) is 5.36. The molecule has 0 spiro atoms. The van der Waals surface area contributed by atoms with Gasteiger partial charge in [-0.1, -0.05) is 19.9 Å². The van der Waals surface area contributed by atoms with Crippen LogP contribution >= 0.6 is 0 Å². The van der Waals surface area contributed by atoms with Crippen molar-refractivity contribution < 1.29 is 9.72 Å². The second-order valence-electron chi connectivity index (χ2n) is 8.35. The predicted octanol–water partition coefficient (Wildman–Crippen LogP) is 2.97. The van der Waals surface area contributed by atoms with E-state index in [-0.39, 0.29) is 11.6 Å². The fourth-order valence-electron chi connectivity index (χ4n) is 4.98. The van der Waals surface area contributed by atoms with Crippen molar-refractivity contribution in [1.82, 2.24) is 19.6 Å². The van der Waals surface area contributed by atoms with E-state index in [4.69, 9.17) is 0 Å². The zero-order valence-corrected chi connectivity index (χ0v) is 16.9. The molecule has 0 bridgehead atoms. The van der Waals surface area contributed by atoms with Crippen LogP contribution in [-0.2, 0) is 0 Å². The van der Waals surface area contributed by atoms with E-state index in [0.717, 1.165) is 13.1 Å². The third kappa shape index (κ3) is 3.89. The van der Waals surface area contributed by atoms with Crippen molar-refractivity contribution in [2.45, 2.75) is 32.7 Å². The SMILES string of the molecule is CC1CN(C(=O)c2cnn(-c3cccc([N+](=O)[O-])c3)c2)CC(C)C1N1CCCC1. The number of rotatable bonds is 4. The Morgan fingerprint density at radius 1 is 1.17 bits per heavy atom. The van der Waals surface area contributed by atoms with Crippen LogP contribution in [0.2, 0.25) is 0 Å². The van der Waals surface area contributed by atoms with E-state index in [0.29, 0.717) is 29.1 Å². The van der Waals surface area contributed by atoms with Gasteiger partial charge in [-0.05, 0) is 43.8 Å². The van der Waals surface area contributed by atoms with E-state index < -0.39 is 4.92 Å². The lowest BCUT2D eigenvalue weighted by molar-refractivity contribution is -0.384. The first-order valence-electron chi connectivity index (χ1n) is 10.3. The highest BCUT2D eigenvalue weighted by Crippen LogP contribution is 2.30. The quantitative estimate of drug-likeness (QED) is 0.585. The number of nitrogens with zero attached hydrogens (tertiary/aromatic N) is 5. The summed E-state index contributed by atoms with van der Waals surface area (Å²) in [5.74, 6) is 0.820. The van der Waals surface area contributed by atoms with Crippen LogP contribution in [0.3, 0.4) is 0 Å². The monoisotopic (exact) mass is 397 g/mol. The van der Waals surface area contributed by atoms with E-state index in [2.05, 4.69) is 23.8 Å². The number of likely N-dealkylation sites (tertiary alicyclic amines) is 2. The number of amides is 1. The molecule has 2 fully saturated rings. The summed E-state index contributed by atoms with van der Waals surface area (Å²) in [7, 11) is 0. The average molecular weight is 397 g/mol. The molecule has 1 aromatic heterocycles. The van der Waals surface area contributed by atoms with Gasteiger partial charge >= 0.3 is 0 Å². The Morgan fingerprint density at radius 2 is 1.86 bits per heavy atom. The number of nitro groups is 1. The summed E-state index contributed by atoms with van der Waals surface area (Å²) >= 11 is 0. The predicted molar refractivity (Wildman–Crippen MR) is 109 cm³/mol. The molecule has 1 amide bonds. The molecule has 2 aliphatic heterocycles. The molecule has 154 valence electrons. The number of hydrogen-bond acceptors (Lipinski definition) is 5.